The first-order valence-electron chi connectivity index (χ1n) is 18.3. The molecule has 288 valence electrons. The van der Waals surface area contributed by atoms with E-state index in [0.717, 1.165) is 11.1 Å². The van der Waals surface area contributed by atoms with Gasteiger partial charge in [-0.3, -0.25) is 0 Å². The molecule has 0 amide bonds. The molecule has 0 fully saturated rings. The molecule has 53 heavy (non-hydrogen) atoms. The van der Waals surface area contributed by atoms with Crippen molar-refractivity contribution in [1.29, 1.82) is 0 Å². The molecule has 0 aliphatic carbocycles. The SMILES string of the molecule is C[Si](C)(C)N=P(c1ccccc1)(c1ccccc1)c1cccc(C=P([N-][Si](C)(C)C)(c2ccccc2)c2ccccc2)n1.C[Si](C)(C)[N-][Si](C)(C)C.[Yb+2]. The average molecular weight is 968 g/mol. The average Bonchev–Trinajstić information content (AvgIpc) is 3.06. The van der Waals surface area contributed by atoms with Crippen LogP contribution in [0.2, 0.25) is 78.6 Å². The summed E-state index contributed by atoms with van der Waals surface area (Å²) in [5.74, 6) is 2.40. The molecule has 0 saturated carbocycles. The summed E-state index contributed by atoms with van der Waals surface area (Å²) < 4.78 is 16.4. The minimum atomic E-state index is -2.41. The fourth-order valence-corrected chi connectivity index (χ4v) is 29.3. The van der Waals surface area contributed by atoms with E-state index in [1.807, 2.05) is 0 Å². The Balaban J connectivity index is 0.000000671. The van der Waals surface area contributed by atoms with E-state index < -0.39 is 47.0 Å². The van der Waals surface area contributed by atoms with Gasteiger partial charge in [-0.25, -0.2) is 4.98 Å². The number of hydrogen-bond donors (Lipinski definition) is 0. The molecule has 0 unspecified atom stereocenters. The summed E-state index contributed by atoms with van der Waals surface area (Å²) in [5.41, 5.74) is 2.01. The molecule has 4 aromatic carbocycles. The summed E-state index contributed by atoms with van der Waals surface area (Å²) in [5, 5.41) is 5.00. The molecule has 1 aromatic heterocycles. The third-order valence-corrected chi connectivity index (χ3v) is 26.0. The molecule has 0 N–H and O–H groups in total. The van der Waals surface area contributed by atoms with Crippen LogP contribution in [0.25, 0.3) is 9.40 Å². The second kappa shape index (κ2) is 19.3. The van der Waals surface area contributed by atoms with E-state index in [1.165, 1.54) is 21.2 Å². The summed E-state index contributed by atoms with van der Waals surface area (Å²) in [6.07, 6.45) is 0. The third-order valence-electron chi connectivity index (χ3n) is 7.54. The molecule has 0 bridgehead atoms. The second-order valence-electron chi connectivity index (χ2n) is 17.2. The minimum Gasteiger partial charge on any atom is -0.668 e. The Morgan fingerprint density at radius 3 is 1.17 bits per heavy atom. The number of pyridine rings is 1. The van der Waals surface area contributed by atoms with Gasteiger partial charge in [0.15, 0.2) is 8.24 Å². The molecule has 5 aromatic rings. The number of rotatable bonds is 11. The van der Waals surface area contributed by atoms with Crippen LogP contribution in [0.1, 0.15) is 5.69 Å². The minimum absolute atomic E-state index is 0. The second-order valence-corrected chi connectivity index (χ2v) is 42.5. The van der Waals surface area contributed by atoms with Gasteiger partial charge in [0.25, 0.3) is 0 Å². The molecule has 0 aliphatic heterocycles. The van der Waals surface area contributed by atoms with E-state index in [-0.39, 0.29) is 46.9 Å². The van der Waals surface area contributed by atoms with Gasteiger partial charge in [0, 0.05) is 10.6 Å². The predicted octanol–water partition coefficient (Wildman–Crippen LogP) is 11.4. The zero-order chi connectivity index (χ0) is 38.3. The van der Waals surface area contributed by atoms with Crippen LogP contribution in [-0.2, 0) is 0 Å². The van der Waals surface area contributed by atoms with Crippen molar-refractivity contribution < 1.29 is 46.9 Å². The van der Waals surface area contributed by atoms with Crippen LogP contribution in [0.15, 0.2) is 144 Å². The van der Waals surface area contributed by atoms with Crippen LogP contribution in [0.4, 0.5) is 0 Å². The van der Waals surface area contributed by atoms with Crippen LogP contribution in [0, 0.1) is 46.9 Å². The van der Waals surface area contributed by atoms with Crippen LogP contribution < -0.4 is 26.7 Å². The van der Waals surface area contributed by atoms with Crippen LogP contribution in [-0.4, -0.2) is 43.7 Å². The van der Waals surface area contributed by atoms with Gasteiger partial charge in [0.2, 0.25) is 0 Å². The first kappa shape index (κ1) is 46.3. The zero-order valence-corrected chi connectivity index (χ0v) is 41.3. The van der Waals surface area contributed by atoms with Crippen molar-refractivity contribution in [3.05, 3.63) is 155 Å². The standard InChI is InChI=1S/C36H42N3P2Si2.C6H18NSi2.Yb/c1-42(2,3)38-40(32-21-11-7-12-22-32,33-23-13-8-14-24-33)30-31-20-19-29-36(37-31)41(39-43(4,5)6,34-25-15-9-16-26-34)35-27-17-10-18-28-35;1-8(2,3)7-9(4,5)6;/h7-30H,1-6H3;1-6H3;/q2*-1;+2. The molecule has 5 rings (SSSR count). The van der Waals surface area contributed by atoms with Crippen LogP contribution in [0.3, 0.4) is 0 Å². The molecule has 11 heteroatoms. The van der Waals surface area contributed by atoms with Crippen molar-refractivity contribution in [1.82, 2.24) is 4.98 Å². The van der Waals surface area contributed by atoms with Gasteiger partial charge >= 0.3 is 46.9 Å². The largest absolute Gasteiger partial charge is 2.00 e. The predicted molar refractivity (Wildman–Crippen MR) is 250 cm³/mol. The molecular formula is C42H60N4P2Si4Yb. The Bertz CT molecular complexity index is 1890. The molecule has 0 spiro atoms. The van der Waals surface area contributed by atoms with Gasteiger partial charge in [0.1, 0.15) is 0 Å². The molecule has 1 heterocycles. The summed E-state index contributed by atoms with van der Waals surface area (Å²) >= 11 is 0. The quantitative estimate of drug-likeness (QED) is 0.0961. The van der Waals surface area contributed by atoms with Gasteiger partial charge in [-0.2, -0.15) is 0 Å². The fourth-order valence-electron chi connectivity index (χ4n) is 6.43. The monoisotopic (exact) mass is 968 g/mol. The van der Waals surface area contributed by atoms with E-state index >= 15 is 0 Å². The Labute approximate surface area is 365 Å². The Morgan fingerprint density at radius 2 is 0.849 bits per heavy atom. The van der Waals surface area contributed by atoms with Crippen molar-refractivity contribution in [2.45, 2.75) is 78.6 Å². The van der Waals surface area contributed by atoms with Gasteiger partial charge < -0.3 is 13.8 Å². The Morgan fingerprint density at radius 1 is 0.472 bits per heavy atom. The fraction of sp³-hybridized carbons (Fsp3) is 0.286. The Kier molecular flexibility index (Phi) is 16.9. The van der Waals surface area contributed by atoms with Crippen molar-refractivity contribution in [2.24, 2.45) is 4.41 Å². The summed E-state index contributed by atoms with van der Waals surface area (Å²) in [4.78, 5) is 5.55. The van der Waals surface area contributed by atoms with Gasteiger partial charge in [-0.05, 0) is 28.5 Å². The van der Waals surface area contributed by atoms with Crippen molar-refractivity contribution in [3.63, 3.8) is 0 Å². The normalized spacial score (nSPS) is 12.5. The van der Waals surface area contributed by atoms with Crippen LogP contribution in [0.5, 0.6) is 0 Å². The zero-order valence-electron chi connectivity index (χ0n) is 33.8. The van der Waals surface area contributed by atoms with Crippen molar-refractivity contribution in [2.75, 3.05) is 0 Å². The first-order valence-corrected chi connectivity index (χ1v) is 35.6. The van der Waals surface area contributed by atoms with Crippen molar-refractivity contribution in [3.8, 4) is 0 Å². The molecule has 0 atom stereocenters. The van der Waals surface area contributed by atoms with E-state index in [1.54, 1.807) is 0 Å². The number of hydrogen-bond acceptors (Lipinski definition) is 2. The van der Waals surface area contributed by atoms with Crippen LogP contribution >= 0.6 is 14.1 Å². The van der Waals surface area contributed by atoms with Gasteiger partial charge in [-0.1, -0.05) is 231 Å². The van der Waals surface area contributed by atoms with Gasteiger partial charge in [0.05, 0.1) is 18.2 Å². The summed E-state index contributed by atoms with van der Waals surface area (Å²) in [7, 11) is -10.7. The molecule has 0 saturated heterocycles. The van der Waals surface area contributed by atoms with E-state index in [0.29, 0.717) is 0 Å². The smallest absolute Gasteiger partial charge is 0.668 e. The Hall–Kier alpha value is -1.13. The topological polar surface area (TPSA) is 53.5 Å². The molecular weight excluding hydrogens is 908 g/mol. The molecule has 4 nitrogen and oxygen atoms in total. The number of nitrogens with zero attached hydrogens (tertiary/aromatic N) is 4. The summed E-state index contributed by atoms with van der Waals surface area (Å²) in [6.45, 7) is 27.8. The summed E-state index contributed by atoms with van der Waals surface area (Å²) in [6, 6.07) is 49.9. The van der Waals surface area contributed by atoms with E-state index in [9.17, 15) is 0 Å². The first-order chi connectivity index (χ1) is 24.2. The number of aromatic nitrogens is 1. The van der Waals surface area contributed by atoms with E-state index in [4.69, 9.17) is 18.8 Å². The van der Waals surface area contributed by atoms with E-state index in [2.05, 4.69) is 224 Å². The van der Waals surface area contributed by atoms with Crippen molar-refractivity contribution >= 4 is 79.5 Å². The maximum absolute atomic E-state index is 5.83. The third kappa shape index (κ3) is 13.8. The molecule has 0 radical (unpaired) electrons. The maximum Gasteiger partial charge on any atom is 2.00 e. The number of benzene rings is 4. The van der Waals surface area contributed by atoms with Gasteiger partial charge in [-0.15, -0.1) is 7.04 Å². The molecule has 0 aliphatic rings. The maximum atomic E-state index is 5.83.